The van der Waals surface area contributed by atoms with Crippen LogP contribution in [-0.4, -0.2) is 40.3 Å². The third-order valence-corrected chi connectivity index (χ3v) is 4.97. The normalized spacial score (nSPS) is 13.2. The van der Waals surface area contributed by atoms with Crippen molar-refractivity contribution < 1.29 is 19.2 Å². The highest BCUT2D eigenvalue weighted by molar-refractivity contribution is 5.99. The molecule has 0 fully saturated rings. The number of benzene rings is 2. The van der Waals surface area contributed by atoms with E-state index >= 15 is 0 Å². The van der Waals surface area contributed by atoms with E-state index in [4.69, 9.17) is 0 Å². The van der Waals surface area contributed by atoms with Crippen LogP contribution < -0.4 is 0 Å². The number of nitrogens with zero attached hydrogens (tertiary/aromatic N) is 2. The molecule has 142 valence electrons. The third-order valence-electron chi connectivity index (χ3n) is 4.97. The number of ether oxygens (including phenoxy) is 1. The Kier molecular flexibility index (Phi) is 4.31. The third kappa shape index (κ3) is 2.98. The number of rotatable bonds is 3. The smallest absolute Gasteiger partial charge is 0.338 e. The first-order valence-corrected chi connectivity index (χ1v) is 8.73. The van der Waals surface area contributed by atoms with Crippen LogP contribution in [0.2, 0.25) is 0 Å². The molecule has 1 amide bonds. The average molecular weight is 379 g/mol. The molecule has 1 N–H and O–H groups in total. The van der Waals surface area contributed by atoms with Gasteiger partial charge in [0.2, 0.25) is 0 Å². The number of nitro benzene ring substituents is 1. The number of aromatic amines is 1. The molecule has 0 unspecified atom stereocenters. The summed E-state index contributed by atoms with van der Waals surface area (Å²) in [6, 6.07) is 11.5. The largest absolute Gasteiger partial charge is 0.465 e. The standard InChI is InChI=1S/C20H17N3O5/c1-28-20(25)13-8-12(9-14(10-13)23(26)27)19(24)22-7-6-18-16(11-22)15-4-2-3-5-17(15)21-18/h2-5,8-10,21H,6-7,11H2,1H3. The number of para-hydroxylation sites is 1. The van der Waals surface area contributed by atoms with E-state index in [1.165, 1.54) is 19.2 Å². The van der Waals surface area contributed by atoms with Crippen molar-refractivity contribution in [1.82, 2.24) is 9.88 Å². The summed E-state index contributed by atoms with van der Waals surface area (Å²) in [5.74, 6) is -1.08. The predicted octanol–water partition coefficient (Wildman–Crippen LogP) is 3.06. The van der Waals surface area contributed by atoms with Crippen LogP contribution in [0.15, 0.2) is 42.5 Å². The quantitative estimate of drug-likeness (QED) is 0.428. The summed E-state index contributed by atoms with van der Waals surface area (Å²) in [4.78, 5) is 40.5. The van der Waals surface area contributed by atoms with Crippen LogP contribution in [0.3, 0.4) is 0 Å². The predicted molar refractivity (Wildman–Crippen MR) is 101 cm³/mol. The summed E-state index contributed by atoms with van der Waals surface area (Å²) >= 11 is 0. The van der Waals surface area contributed by atoms with Gasteiger partial charge in [0.1, 0.15) is 0 Å². The van der Waals surface area contributed by atoms with Gasteiger partial charge in [-0.2, -0.15) is 0 Å². The van der Waals surface area contributed by atoms with Gasteiger partial charge in [-0.3, -0.25) is 14.9 Å². The SMILES string of the molecule is COC(=O)c1cc(C(=O)N2CCc3[nH]c4ccccc4c3C2)cc([N+](=O)[O-])c1. The van der Waals surface area contributed by atoms with Crippen molar-refractivity contribution in [3.63, 3.8) is 0 Å². The number of hydrogen-bond donors (Lipinski definition) is 1. The summed E-state index contributed by atoms with van der Waals surface area (Å²) in [5, 5.41) is 12.3. The van der Waals surface area contributed by atoms with Crippen LogP contribution in [-0.2, 0) is 17.7 Å². The molecular formula is C20H17N3O5. The minimum absolute atomic E-state index is 0.0233. The van der Waals surface area contributed by atoms with E-state index in [1.807, 2.05) is 24.3 Å². The first kappa shape index (κ1) is 17.7. The number of aromatic nitrogens is 1. The van der Waals surface area contributed by atoms with Crippen LogP contribution in [0.4, 0.5) is 5.69 Å². The lowest BCUT2D eigenvalue weighted by atomic mass is 10.0. The maximum absolute atomic E-state index is 13.0. The highest BCUT2D eigenvalue weighted by Gasteiger charge is 2.27. The molecule has 28 heavy (non-hydrogen) atoms. The molecule has 0 atom stereocenters. The number of methoxy groups -OCH3 is 1. The van der Waals surface area contributed by atoms with Crippen LogP contribution in [0.25, 0.3) is 10.9 Å². The van der Waals surface area contributed by atoms with Gasteiger partial charge in [-0.15, -0.1) is 0 Å². The van der Waals surface area contributed by atoms with Crippen LogP contribution in [0, 0.1) is 10.1 Å². The monoisotopic (exact) mass is 379 g/mol. The van der Waals surface area contributed by atoms with Crippen molar-refractivity contribution in [2.45, 2.75) is 13.0 Å². The number of H-pyrrole nitrogens is 1. The highest BCUT2D eigenvalue weighted by Crippen LogP contribution is 2.29. The van der Waals surface area contributed by atoms with E-state index in [-0.39, 0.29) is 22.7 Å². The zero-order valence-electron chi connectivity index (χ0n) is 15.1. The van der Waals surface area contributed by atoms with Crippen molar-refractivity contribution in [2.24, 2.45) is 0 Å². The number of non-ortho nitro benzene ring substituents is 1. The molecule has 8 nitrogen and oxygen atoms in total. The van der Waals surface area contributed by atoms with E-state index in [1.54, 1.807) is 4.90 Å². The number of hydrogen-bond acceptors (Lipinski definition) is 5. The molecule has 0 aliphatic carbocycles. The first-order chi connectivity index (χ1) is 13.5. The lowest BCUT2D eigenvalue weighted by Gasteiger charge is -2.27. The van der Waals surface area contributed by atoms with Gasteiger partial charge < -0.3 is 14.6 Å². The van der Waals surface area contributed by atoms with Gasteiger partial charge in [-0.1, -0.05) is 18.2 Å². The van der Waals surface area contributed by atoms with Gasteiger partial charge >= 0.3 is 5.97 Å². The number of esters is 1. The fourth-order valence-corrected chi connectivity index (χ4v) is 3.60. The van der Waals surface area contributed by atoms with Gasteiger partial charge in [-0.25, -0.2) is 4.79 Å². The molecule has 1 aliphatic rings. The molecule has 2 heterocycles. The molecule has 8 heteroatoms. The number of fused-ring (bicyclic) bond motifs is 3. The van der Waals surface area contributed by atoms with Crippen molar-refractivity contribution >= 4 is 28.5 Å². The fourth-order valence-electron chi connectivity index (χ4n) is 3.60. The topological polar surface area (TPSA) is 106 Å². The molecule has 0 radical (unpaired) electrons. The summed E-state index contributed by atoms with van der Waals surface area (Å²) in [6.45, 7) is 0.878. The van der Waals surface area contributed by atoms with E-state index in [2.05, 4.69) is 9.72 Å². The second kappa shape index (κ2) is 6.80. The summed E-state index contributed by atoms with van der Waals surface area (Å²) in [5.41, 5.74) is 2.91. The molecule has 0 spiro atoms. The maximum atomic E-state index is 13.0. The zero-order valence-corrected chi connectivity index (χ0v) is 15.1. The molecular weight excluding hydrogens is 362 g/mol. The lowest BCUT2D eigenvalue weighted by molar-refractivity contribution is -0.384. The highest BCUT2D eigenvalue weighted by atomic mass is 16.6. The van der Waals surface area contributed by atoms with Crippen molar-refractivity contribution in [1.29, 1.82) is 0 Å². The zero-order chi connectivity index (χ0) is 19.8. The Labute approximate surface area is 159 Å². The average Bonchev–Trinajstić information content (AvgIpc) is 3.10. The molecule has 0 bridgehead atoms. The van der Waals surface area contributed by atoms with E-state index in [0.717, 1.165) is 28.2 Å². The van der Waals surface area contributed by atoms with Crippen LogP contribution in [0.1, 0.15) is 32.0 Å². The number of carbonyl (C=O) groups excluding carboxylic acids is 2. The second-order valence-electron chi connectivity index (χ2n) is 6.62. The lowest BCUT2D eigenvalue weighted by Crippen LogP contribution is -2.35. The van der Waals surface area contributed by atoms with Gasteiger partial charge in [-0.05, 0) is 12.1 Å². The van der Waals surface area contributed by atoms with Gasteiger partial charge in [0.25, 0.3) is 11.6 Å². The van der Waals surface area contributed by atoms with E-state index in [0.29, 0.717) is 19.5 Å². The number of amides is 1. The van der Waals surface area contributed by atoms with Crippen molar-refractivity contribution in [3.8, 4) is 0 Å². The molecule has 3 aromatic rings. The molecule has 1 aromatic heterocycles. The summed E-state index contributed by atoms with van der Waals surface area (Å²) < 4.78 is 4.64. The summed E-state index contributed by atoms with van der Waals surface area (Å²) in [7, 11) is 1.19. The van der Waals surface area contributed by atoms with Gasteiger partial charge in [0, 0.05) is 59.4 Å². The van der Waals surface area contributed by atoms with E-state index in [9.17, 15) is 19.7 Å². The second-order valence-corrected chi connectivity index (χ2v) is 6.62. The van der Waals surface area contributed by atoms with Crippen LogP contribution in [0.5, 0.6) is 0 Å². The minimum Gasteiger partial charge on any atom is -0.465 e. The molecule has 4 rings (SSSR count). The van der Waals surface area contributed by atoms with Crippen molar-refractivity contribution in [2.75, 3.05) is 13.7 Å². The Bertz CT molecular complexity index is 1120. The Morgan fingerprint density at radius 2 is 1.93 bits per heavy atom. The number of nitro groups is 1. The van der Waals surface area contributed by atoms with Crippen molar-refractivity contribution in [3.05, 3.63) is 75.0 Å². The van der Waals surface area contributed by atoms with Crippen LogP contribution >= 0.6 is 0 Å². The molecule has 2 aromatic carbocycles. The fraction of sp³-hybridized carbons (Fsp3) is 0.200. The number of carbonyl (C=O) groups is 2. The van der Waals surface area contributed by atoms with Gasteiger partial charge in [0.15, 0.2) is 0 Å². The first-order valence-electron chi connectivity index (χ1n) is 8.73. The molecule has 0 saturated heterocycles. The Morgan fingerprint density at radius 1 is 1.18 bits per heavy atom. The molecule has 0 saturated carbocycles. The summed E-state index contributed by atoms with van der Waals surface area (Å²) in [6.07, 6.45) is 0.661. The Morgan fingerprint density at radius 3 is 2.68 bits per heavy atom. The maximum Gasteiger partial charge on any atom is 0.338 e. The molecule has 1 aliphatic heterocycles. The number of nitrogens with one attached hydrogen (secondary N) is 1. The van der Waals surface area contributed by atoms with Gasteiger partial charge in [0.05, 0.1) is 17.6 Å². The van der Waals surface area contributed by atoms with E-state index < -0.39 is 10.9 Å². The minimum atomic E-state index is -0.727. The Hall–Kier alpha value is -3.68. The Balaban J connectivity index is 1.69.